The van der Waals surface area contributed by atoms with Crippen molar-refractivity contribution in [1.29, 1.82) is 0 Å². The van der Waals surface area contributed by atoms with Crippen molar-refractivity contribution in [3.05, 3.63) is 16.1 Å². The van der Waals surface area contributed by atoms with Gasteiger partial charge in [0.1, 0.15) is 0 Å². The standard InChI is InChI=1S/C20H37N5OS.HI/c1-7-17-11-23-18(27-17)9-10-22-19(21-8-2)24-14-20(5,6)25-12-15(3)26-16(4)13-25;/h11,15-16H,7-10,12-14H2,1-6H3,(H2,21,22,24);1H. The summed E-state index contributed by atoms with van der Waals surface area (Å²) in [6, 6.07) is 0. The minimum atomic E-state index is -0.0000135. The predicted molar refractivity (Wildman–Crippen MR) is 130 cm³/mol. The largest absolute Gasteiger partial charge is 0.373 e. The average Bonchev–Trinajstić information content (AvgIpc) is 3.07. The van der Waals surface area contributed by atoms with E-state index in [1.807, 2.05) is 6.20 Å². The normalized spacial score (nSPS) is 21.3. The van der Waals surface area contributed by atoms with Crippen LogP contribution in [0, 0.1) is 0 Å². The summed E-state index contributed by atoms with van der Waals surface area (Å²) >= 11 is 1.80. The molecule has 0 bridgehead atoms. The Labute approximate surface area is 192 Å². The van der Waals surface area contributed by atoms with E-state index in [2.05, 4.69) is 62.1 Å². The fraction of sp³-hybridized carbons (Fsp3) is 0.800. The maximum Gasteiger partial charge on any atom is 0.191 e. The second-order valence-corrected chi connectivity index (χ2v) is 9.12. The zero-order valence-electron chi connectivity index (χ0n) is 18.2. The van der Waals surface area contributed by atoms with E-state index in [1.165, 1.54) is 9.88 Å². The van der Waals surface area contributed by atoms with Gasteiger partial charge in [0.25, 0.3) is 0 Å². The van der Waals surface area contributed by atoms with Gasteiger partial charge in [-0.1, -0.05) is 6.92 Å². The van der Waals surface area contributed by atoms with Crippen LogP contribution in [-0.4, -0.2) is 66.3 Å². The van der Waals surface area contributed by atoms with Gasteiger partial charge in [0.2, 0.25) is 0 Å². The van der Waals surface area contributed by atoms with Crippen molar-refractivity contribution in [2.75, 3.05) is 32.7 Å². The van der Waals surface area contributed by atoms with E-state index < -0.39 is 0 Å². The molecular formula is C20H38IN5OS. The molecule has 0 aromatic carbocycles. The van der Waals surface area contributed by atoms with Crippen LogP contribution in [0.4, 0.5) is 0 Å². The van der Waals surface area contributed by atoms with Crippen molar-refractivity contribution in [1.82, 2.24) is 20.5 Å². The quantitative estimate of drug-likeness (QED) is 0.311. The molecule has 0 aliphatic carbocycles. The van der Waals surface area contributed by atoms with Gasteiger partial charge in [0.15, 0.2) is 5.96 Å². The molecule has 2 N–H and O–H groups in total. The van der Waals surface area contributed by atoms with Crippen molar-refractivity contribution in [2.45, 2.75) is 72.1 Å². The van der Waals surface area contributed by atoms with Crippen LogP contribution in [0.1, 0.15) is 51.4 Å². The highest BCUT2D eigenvalue weighted by atomic mass is 127. The maximum absolute atomic E-state index is 5.87. The lowest BCUT2D eigenvalue weighted by Gasteiger charge is -2.44. The highest BCUT2D eigenvalue weighted by Gasteiger charge is 2.33. The van der Waals surface area contributed by atoms with Gasteiger partial charge in [-0.05, 0) is 41.0 Å². The molecular weight excluding hydrogens is 485 g/mol. The van der Waals surface area contributed by atoms with E-state index in [-0.39, 0.29) is 41.7 Å². The molecule has 2 heterocycles. The van der Waals surface area contributed by atoms with Gasteiger partial charge in [-0.25, -0.2) is 4.98 Å². The molecule has 8 heteroatoms. The molecule has 2 unspecified atom stereocenters. The highest BCUT2D eigenvalue weighted by Crippen LogP contribution is 2.21. The zero-order valence-corrected chi connectivity index (χ0v) is 21.4. The number of thiazole rings is 1. The molecule has 1 aromatic rings. The number of morpholine rings is 1. The summed E-state index contributed by atoms with van der Waals surface area (Å²) in [6.07, 6.45) is 4.52. The van der Waals surface area contributed by atoms with Crippen molar-refractivity contribution in [2.24, 2.45) is 4.99 Å². The first-order chi connectivity index (χ1) is 12.8. The number of aromatic nitrogens is 1. The van der Waals surface area contributed by atoms with Crippen molar-refractivity contribution in [3.63, 3.8) is 0 Å². The number of hydrogen-bond donors (Lipinski definition) is 2. The Bertz CT molecular complexity index is 597. The van der Waals surface area contributed by atoms with Crippen LogP contribution in [0.15, 0.2) is 11.2 Å². The van der Waals surface area contributed by atoms with Crippen LogP contribution >= 0.6 is 35.3 Å². The summed E-state index contributed by atoms with van der Waals surface area (Å²) in [7, 11) is 0. The third-order valence-electron chi connectivity index (χ3n) is 4.83. The van der Waals surface area contributed by atoms with E-state index in [4.69, 9.17) is 9.73 Å². The highest BCUT2D eigenvalue weighted by molar-refractivity contribution is 14.0. The number of nitrogens with zero attached hydrogens (tertiary/aromatic N) is 3. The van der Waals surface area contributed by atoms with Gasteiger partial charge in [-0.3, -0.25) is 9.89 Å². The van der Waals surface area contributed by atoms with Crippen LogP contribution in [0.5, 0.6) is 0 Å². The third-order valence-corrected chi connectivity index (χ3v) is 6.03. The second kappa shape index (κ2) is 12.3. The number of ether oxygens (including phenoxy) is 1. The number of halogens is 1. The predicted octanol–water partition coefficient (Wildman–Crippen LogP) is 3.31. The molecule has 162 valence electrons. The van der Waals surface area contributed by atoms with E-state index in [0.717, 1.165) is 51.5 Å². The minimum absolute atomic E-state index is 0. The number of guanidine groups is 1. The molecule has 6 nitrogen and oxygen atoms in total. The number of aryl methyl sites for hydroxylation is 1. The number of nitrogens with one attached hydrogen (secondary N) is 2. The van der Waals surface area contributed by atoms with E-state index >= 15 is 0 Å². The smallest absolute Gasteiger partial charge is 0.191 e. The molecule has 1 aliphatic rings. The number of hydrogen-bond acceptors (Lipinski definition) is 5. The Hall–Kier alpha value is -0.450. The molecule has 2 atom stereocenters. The molecule has 0 saturated carbocycles. The van der Waals surface area contributed by atoms with Crippen LogP contribution in [0.3, 0.4) is 0 Å². The Balaban J connectivity index is 0.00000392. The van der Waals surface area contributed by atoms with Gasteiger partial charge in [0, 0.05) is 49.2 Å². The average molecular weight is 524 g/mol. The lowest BCUT2D eigenvalue weighted by atomic mass is 10.0. The summed E-state index contributed by atoms with van der Waals surface area (Å²) in [5, 5.41) is 8.00. The van der Waals surface area contributed by atoms with Gasteiger partial charge in [-0.2, -0.15) is 0 Å². The first-order valence-corrected chi connectivity index (χ1v) is 11.0. The Morgan fingerprint density at radius 1 is 1.29 bits per heavy atom. The van der Waals surface area contributed by atoms with E-state index in [1.54, 1.807) is 11.3 Å². The Morgan fingerprint density at radius 3 is 2.54 bits per heavy atom. The molecule has 0 amide bonds. The van der Waals surface area contributed by atoms with Crippen molar-refractivity contribution in [3.8, 4) is 0 Å². The second-order valence-electron chi connectivity index (χ2n) is 7.92. The Kier molecular flexibility index (Phi) is 11.2. The van der Waals surface area contributed by atoms with Crippen molar-refractivity contribution >= 4 is 41.3 Å². The van der Waals surface area contributed by atoms with Crippen LogP contribution < -0.4 is 10.6 Å². The fourth-order valence-corrected chi connectivity index (χ4v) is 4.16. The van der Waals surface area contributed by atoms with Crippen LogP contribution in [-0.2, 0) is 17.6 Å². The summed E-state index contributed by atoms with van der Waals surface area (Å²) in [5.74, 6) is 0.882. The van der Waals surface area contributed by atoms with E-state index in [9.17, 15) is 0 Å². The molecule has 0 spiro atoms. The molecule has 1 saturated heterocycles. The lowest BCUT2D eigenvalue weighted by Crippen LogP contribution is -2.56. The van der Waals surface area contributed by atoms with Crippen LogP contribution in [0.25, 0.3) is 0 Å². The zero-order chi connectivity index (χ0) is 19.9. The molecule has 0 radical (unpaired) electrons. The van der Waals surface area contributed by atoms with Gasteiger partial charge >= 0.3 is 0 Å². The van der Waals surface area contributed by atoms with Gasteiger partial charge in [0.05, 0.1) is 23.8 Å². The van der Waals surface area contributed by atoms with Crippen molar-refractivity contribution < 1.29 is 4.74 Å². The molecule has 28 heavy (non-hydrogen) atoms. The third kappa shape index (κ3) is 8.12. The molecule has 1 aromatic heterocycles. The van der Waals surface area contributed by atoms with E-state index in [0.29, 0.717) is 0 Å². The molecule has 1 fully saturated rings. The maximum atomic E-state index is 5.87. The molecule has 2 rings (SSSR count). The Morgan fingerprint density at radius 2 is 1.96 bits per heavy atom. The summed E-state index contributed by atoms with van der Waals surface area (Å²) in [4.78, 5) is 13.2. The first kappa shape index (κ1) is 25.6. The topological polar surface area (TPSA) is 61.8 Å². The fourth-order valence-electron chi connectivity index (χ4n) is 3.30. The van der Waals surface area contributed by atoms with Gasteiger partial charge < -0.3 is 15.4 Å². The number of rotatable bonds is 8. The molecule has 1 aliphatic heterocycles. The summed E-state index contributed by atoms with van der Waals surface area (Å²) in [5.41, 5.74) is -0.0000135. The summed E-state index contributed by atoms with van der Waals surface area (Å²) < 4.78 is 5.87. The first-order valence-electron chi connectivity index (χ1n) is 10.2. The monoisotopic (exact) mass is 523 g/mol. The number of aliphatic imine (C=N–C) groups is 1. The minimum Gasteiger partial charge on any atom is -0.373 e. The van der Waals surface area contributed by atoms with Crippen LogP contribution in [0.2, 0.25) is 0 Å². The summed E-state index contributed by atoms with van der Waals surface area (Å²) in [6.45, 7) is 17.5. The lowest BCUT2D eigenvalue weighted by molar-refractivity contribution is -0.0939. The van der Waals surface area contributed by atoms with Gasteiger partial charge in [-0.15, -0.1) is 35.3 Å². The SMILES string of the molecule is CCNC(=NCC(C)(C)N1CC(C)OC(C)C1)NCCc1ncc(CC)s1.I.